The monoisotopic (exact) mass is 308 g/mol. The first kappa shape index (κ1) is 15.2. The Kier molecular flexibility index (Phi) is 3.80. The number of nitrogens with one attached hydrogen (secondary N) is 1. The topological polar surface area (TPSA) is 89.8 Å². The molecule has 2 aliphatic heterocycles. The molecule has 7 heteroatoms. The summed E-state index contributed by atoms with van der Waals surface area (Å²) in [7, 11) is 1.64. The maximum Gasteiger partial charge on any atom is 0.263 e. The fourth-order valence-electron chi connectivity index (χ4n) is 3.10. The predicted molar refractivity (Wildman–Crippen MR) is 77.9 cm³/mol. The summed E-state index contributed by atoms with van der Waals surface area (Å²) in [4.78, 5) is 24.8. The van der Waals surface area contributed by atoms with Crippen LogP contribution in [0.15, 0.2) is 10.9 Å². The van der Waals surface area contributed by atoms with Crippen molar-refractivity contribution in [3.05, 3.63) is 33.2 Å². The van der Waals surface area contributed by atoms with Gasteiger partial charge in [-0.1, -0.05) is 0 Å². The Morgan fingerprint density at radius 2 is 2.00 bits per heavy atom. The first-order valence-electron chi connectivity index (χ1n) is 7.29. The summed E-state index contributed by atoms with van der Waals surface area (Å²) in [5.41, 5.74) is 1.25. The van der Waals surface area contributed by atoms with E-state index in [1.165, 1.54) is 4.57 Å². The van der Waals surface area contributed by atoms with Gasteiger partial charge in [0, 0.05) is 12.7 Å². The lowest BCUT2D eigenvalue weighted by atomic mass is 10.1. The van der Waals surface area contributed by atoms with Crippen molar-refractivity contribution in [2.24, 2.45) is 7.05 Å². The highest BCUT2D eigenvalue weighted by Crippen LogP contribution is 2.27. The molecule has 0 aliphatic carbocycles. The molecular weight excluding hydrogens is 288 g/mol. The number of pyridine rings is 1. The van der Waals surface area contributed by atoms with Crippen molar-refractivity contribution < 1.29 is 19.4 Å². The van der Waals surface area contributed by atoms with E-state index in [4.69, 9.17) is 9.47 Å². The van der Waals surface area contributed by atoms with Gasteiger partial charge in [-0.15, -0.1) is 0 Å². The van der Waals surface area contributed by atoms with Crippen LogP contribution < -0.4 is 10.9 Å². The minimum absolute atomic E-state index is 0.134. The van der Waals surface area contributed by atoms with E-state index in [2.05, 4.69) is 5.32 Å². The number of carbonyl (C=O) groups is 1. The van der Waals surface area contributed by atoms with Gasteiger partial charge >= 0.3 is 0 Å². The lowest BCUT2D eigenvalue weighted by Crippen LogP contribution is -2.46. The number of aryl methyl sites for hydroxylation is 2. The third-order valence-electron chi connectivity index (χ3n) is 4.44. The van der Waals surface area contributed by atoms with Gasteiger partial charge in [0.25, 0.3) is 11.5 Å². The van der Waals surface area contributed by atoms with Crippen molar-refractivity contribution in [2.75, 3.05) is 13.2 Å². The summed E-state index contributed by atoms with van der Waals surface area (Å²) < 4.78 is 12.4. The highest BCUT2D eigenvalue weighted by molar-refractivity contribution is 5.95. The maximum absolute atomic E-state index is 12.5. The zero-order valence-corrected chi connectivity index (χ0v) is 12.8. The van der Waals surface area contributed by atoms with Gasteiger partial charge in [0.05, 0.1) is 19.3 Å². The van der Waals surface area contributed by atoms with Gasteiger partial charge in [-0.2, -0.15) is 0 Å². The summed E-state index contributed by atoms with van der Waals surface area (Å²) in [5, 5.41) is 12.5. The largest absolute Gasteiger partial charge is 0.388 e. The Balaban J connectivity index is 1.82. The van der Waals surface area contributed by atoms with E-state index < -0.39 is 18.1 Å². The van der Waals surface area contributed by atoms with E-state index in [1.807, 2.05) is 6.92 Å². The summed E-state index contributed by atoms with van der Waals surface area (Å²) in [6, 6.07) is 1.44. The molecule has 0 saturated carbocycles. The van der Waals surface area contributed by atoms with Crippen molar-refractivity contribution in [3.8, 4) is 0 Å². The molecule has 7 nitrogen and oxygen atoms in total. The van der Waals surface area contributed by atoms with Crippen LogP contribution in [0.25, 0.3) is 0 Å². The second kappa shape index (κ2) is 5.49. The summed E-state index contributed by atoms with van der Waals surface area (Å²) in [6.45, 7) is 4.03. The number of aromatic nitrogens is 1. The number of hydrogen-bond acceptors (Lipinski definition) is 5. The Labute approximate surface area is 127 Å². The van der Waals surface area contributed by atoms with E-state index in [1.54, 1.807) is 20.0 Å². The number of nitrogens with zero attached hydrogens (tertiary/aromatic N) is 1. The quantitative estimate of drug-likeness (QED) is 0.751. The highest BCUT2D eigenvalue weighted by Gasteiger charge is 2.47. The van der Waals surface area contributed by atoms with Gasteiger partial charge in [-0.05, 0) is 25.5 Å². The van der Waals surface area contributed by atoms with Crippen molar-refractivity contribution in [3.63, 3.8) is 0 Å². The van der Waals surface area contributed by atoms with Crippen LogP contribution in [0.4, 0.5) is 0 Å². The standard InChI is InChI=1S/C15H20N2O5/c1-7-4-8(2)17(3)15(20)11(7)14(19)16-9-5-21-13-10(18)6-22-12(9)13/h4,9-10,12-13,18H,5-6H2,1-3H3,(H,16,19)/t9-,10+,12+,13+/m0/s1. The second-order valence-electron chi connectivity index (χ2n) is 5.95. The fourth-order valence-corrected chi connectivity index (χ4v) is 3.10. The third kappa shape index (κ3) is 2.35. The third-order valence-corrected chi connectivity index (χ3v) is 4.44. The molecule has 1 aromatic rings. The lowest BCUT2D eigenvalue weighted by molar-refractivity contribution is 0.0178. The van der Waals surface area contributed by atoms with Crippen molar-refractivity contribution in [2.45, 2.75) is 38.2 Å². The Bertz CT molecular complexity index is 669. The molecule has 0 unspecified atom stereocenters. The molecule has 0 spiro atoms. The summed E-state index contributed by atoms with van der Waals surface area (Å²) in [6.07, 6.45) is -1.44. The zero-order chi connectivity index (χ0) is 16.0. The molecule has 120 valence electrons. The van der Waals surface area contributed by atoms with Crippen molar-refractivity contribution in [1.29, 1.82) is 0 Å². The smallest absolute Gasteiger partial charge is 0.263 e. The van der Waals surface area contributed by atoms with Crippen molar-refractivity contribution in [1.82, 2.24) is 9.88 Å². The zero-order valence-electron chi connectivity index (χ0n) is 12.8. The second-order valence-corrected chi connectivity index (χ2v) is 5.95. The van der Waals surface area contributed by atoms with Gasteiger partial charge < -0.3 is 24.5 Å². The van der Waals surface area contributed by atoms with Gasteiger partial charge in [-0.25, -0.2) is 0 Å². The highest BCUT2D eigenvalue weighted by atomic mass is 16.6. The van der Waals surface area contributed by atoms with Crippen LogP contribution in [0.3, 0.4) is 0 Å². The normalized spacial score (nSPS) is 30.4. The molecule has 1 amide bonds. The van der Waals surface area contributed by atoms with Crippen LogP contribution in [-0.2, 0) is 16.5 Å². The average Bonchev–Trinajstić information content (AvgIpc) is 3.01. The van der Waals surface area contributed by atoms with Crippen LogP contribution in [0.5, 0.6) is 0 Å². The predicted octanol–water partition coefficient (Wildman–Crippen LogP) is -0.741. The maximum atomic E-state index is 12.5. The Morgan fingerprint density at radius 3 is 2.73 bits per heavy atom. The van der Waals surface area contributed by atoms with Crippen LogP contribution in [-0.4, -0.2) is 53.1 Å². The van der Waals surface area contributed by atoms with Crippen LogP contribution in [0.2, 0.25) is 0 Å². The van der Waals surface area contributed by atoms with Crippen molar-refractivity contribution >= 4 is 5.91 Å². The fraction of sp³-hybridized carbons (Fsp3) is 0.600. The molecule has 0 aromatic carbocycles. The number of aliphatic hydroxyl groups is 1. The van der Waals surface area contributed by atoms with E-state index >= 15 is 0 Å². The van der Waals surface area contributed by atoms with Gasteiger partial charge in [0.2, 0.25) is 0 Å². The number of fused-ring (bicyclic) bond motifs is 1. The first-order chi connectivity index (χ1) is 10.4. The number of ether oxygens (including phenoxy) is 2. The summed E-state index contributed by atoms with van der Waals surface area (Å²) in [5.74, 6) is -0.433. The minimum atomic E-state index is -0.666. The van der Waals surface area contributed by atoms with E-state index in [-0.39, 0.29) is 36.5 Å². The molecule has 0 bridgehead atoms. The number of aliphatic hydroxyl groups excluding tert-OH is 1. The Morgan fingerprint density at radius 1 is 1.32 bits per heavy atom. The molecule has 2 saturated heterocycles. The van der Waals surface area contributed by atoms with E-state index in [0.717, 1.165) is 5.69 Å². The molecular formula is C15H20N2O5. The molecule has 0 radical (unpaired) electrons. The van der Waals surface area contributed by atoms with Crippen LogP contribution >= 0.6 is 0 Å². The minimum Gasteiger partial charge on any atom is -0.388 e. The molecule has 3 heterocycles. The van der Waals surface area contributed by atoms with Gasteiger partial charge in [0.15, 0.2) is 0 Å². The average molecular weight is 308 g/mol. The number of carbonyl (C=O) groups excluding carboxylic acids is 1. The van der Waals surface area contributed by atoms with Gasteiger partial charge in [0.1, 0.15) is 23.9 Å². The molecule has 22 heavy (non-hydrogen) atoms. The van der Waals surface area contributed by atoms with E-state index in [9.17, 15) is 14.7 Å². The number of amides is 1. The van der Waals surface area contributed by atoms with Crippen LogP contribution in [0, 0.1) is 13.8 Å². The molecule has 2 N–H and O–H groups in total. The molecule has 2 fully saturated rings. The molecule has 4 atom stereocenters. The lowest BCUT2D eigenvalue weighted by Gasteiger charge is -2.18. The van der Waals surface area contributed by atoms with Gasteiger partial charge in [-0.3, -0.25) is 9.59 Å². The van der Waals surface area contributed by atoms with Crippen LogP contribution in [0.1, 0.15) is 21.6 Å². The van der Waals surface area contributed by atoms with E-state index in [0.29, 0.717) is 5.56 Å². The Hall–Kier alpha value is -1.70. The number of hydrogen-bond donors (Lipinski definition) is 2. The first-order valence-corrected chi connectivity index (χ1v) is 7.29. The number of rotatable bonds is 2. The molecule has 2 aliphatic rings. The summed E-state index contributed by atoms with van der Waals surface area (Å²) >= 11 is 0. The molecule has 3 rings (SSSR count). The SMILES string of the molecule is Cc1cc(C)n(C)c(=O)c1C(=O)N[C@H]1CO[C@H]2[C@@H]1OC[C@H]2O. The molecule has 1 aromatic heterocycles.